The SMILES string of the molecule is COC(=O)N(C)CC(C)(C(=O)OC)N(C)c1c(C)c(Cc2ccccc2)nc(Oc2ccccc2)c1C. The molecule has 0 aliphatic carbocycles. The van der Waals surface area contributed by atoms with E-state index in [-0.39, 0.29) is 6.54 Å². The van der Waals surface area contributed by atoms with Crippen molar-refractivity contribution in [3.05, 3.63) is 83.0 Å². The van der Waals surface area contributed by atoms with Gasteiger partial charge >= 0.3 is 12.1 Å². The molecule has 1 unspecified atom stereocenters. The lowest BCUT2D eigenvalue weighted by atomic mass is 9.95. The number of hydrogen-bond acceptors (Lipinski definition) is 7. The van der Waals surface area contributed by atoms with Crippen LogP contribution in [0.2, 0.25) is 0 Å². The molecule has 196 valence electrons. The Bertz CT molecular complexity index is 1170. The number of likely N-dealkylation sites (N-methyl/N-ethyl adjacent to an activating group) is 2. The molecule has 0 N–H and O–H groups in total. The Labute approximate surface area is 218 Å². The van der Waals surface area contributed by atoms with E-state index in [1.807, 2.05) is 86.5 Å². The number of ether oxygens (including phenoxy) is 3. The molecule has 1 amide bonds. The first-order valence-electron chi connectivity index (χ1n) is 12.0. The van der Waals surface area contributed by atoms with Gasteiger partial charge in [0.15, 0.2) is 5.54 Å². The first-order chi connectivity index (χ1) is 17.6. The summed E-state index contributed by atoms with van der Waals surface area (Å²) in [5.74, 6) is 0.608. The Morgan fingerprint density at radius 3 is 2.05 bits per heavy atom. The normalized spacial score (nSPS) is 12.3. The number of para-hydroxylation sites is 1. The third-order valence-electron chi connectivity index (χ3n) is 6.60. The molecule has 0 aliphatic heterocycles. The smallest absolute Gasteiger partial charge is 0.409 e. The van der Waals surface area contributed by atoms with E-state index < -0.39 is 17.6 Å². The second-order valence-corrected chi connectivity index (χ2v) is 9.19. The van der Waals surface area contributed by atoms with Gasteiger partial charge in [0.2, 0.25) is 5.88 Å². The van der Waals surface area contributed by atoms with Crippen LogP contribution >= 0.6 is 0 Å². The number of amides is 1. The average Bonchev–Trinajstić information content (AvgIpc) is 2.91. The molecule has 0 radical (unpaired) electrons. The Hall–Kier alpha value is -4.07. The van der Waals surface area contributed by atoms with Crippen LogP contribution in [0.3, 0.4) is 0 Å². The number of rotatable bonds is 9. The van der Waals surface area contributed by atoms with Gasteiger partial charge in [0.25, 0.3) is 0 Å². The fourth-order valence-corrected chi connectivity index (χ4v) is 4.43. The molecule has 0 saturated carbocycles. The van der Waals surface area contributed by atoms with Gasteiger partial charge in [-0.25, -0.2) is 14.6 Å². The minimum Gasteiger partial charge on any atom is -0.467 e. The molecule has 8 nitrogen and oxygen atoms in total. The maximum absolute atomic E-state index is 13.2. The van der Waals surface area contributed by atoms with Crippen molar-refractivity contribution in [3.63, 3.8) is 0 Å². The molecule has 3 rings (SSSR count). The molecule has 1 atom stereocenters. The van der Waals surface area contributed by atoms with Crippen molar-refractivity contribution in [2.45, 2.75) is 32.7 Å². The molecular weight excluding hydrogens is 470 g/mol. The summed E-state index contributed by atoms with van der Waals surface area (Å²) in [4.78, 5) is 33.5. The summed E-state index contributed by atoms with van der Waals surface area (Å²) in [5.41, 5.74) is 3.12. The fraction of sp³-hybridized carbons (Fsp3) is 0.345. The van der Waals surface area contributed by atoms with E-state index in [9.17, 15) is 9.59 Å². The Kier molecular flexibility index (Phi) is 8.76. The summed E-state index contributed by atoms with van der Waals surface area (Å²) in [5, 5.41) is 0. The summed E-state index contributed by atoms with van der Waals surface area (Å²) in [6.45, 7) is 5.68. The Morgan fingerprint density at radius 1 is 0.892 bits per heavy atom. The number of methoxy groups -OCH3 is 2. The second-order valence-electron chi connectivity index (χ2n) is 9.19. The quantitative estimate of drug-likeness (QED) is 0.372. The van der Waals surface area contributed by atoms with Crippen LogP contribution in [0.5, 0.6) is 11.6 Å². The van der Waals surface area contributed by atoms with Crippen molar-refractivity contribution in [1.82, 2.24) is 9.88 Å². The number of pyridine rings is 1. The second kappa shape index (κ2) is 11.8. The maximum Gasteiger partial charge on any atom is 0.409 e. The van der Waals surface area contributed by atoms with Gasteiger partial charge in [-0.1, -0.05) is 48.5 Å². The third kappa shape index (κ3) is 6.02. The van der Waals surface area contributed by atoms with E-state index in [4.69, 9.17) is 19.2 Å². The molecule has 0 bridgehead atoms. The predicted molar refractivity (Wildman–Crippen MR) is 143 cm³/mol. The standard InChI is InChI=1S/C29H35N3O5/c1-20-24(18-22-14-10-8-11-15-22)30-26(37-23-16-12-9-13-17-23)21(2)25(20)32(5)29(3,27(33)35-6)19-31(4)28(34)36-7/h8-17H,18-19H2,1-7H3. The maximum atomic E-state index is 13.2. The van der Waals surface area contributed by atoms with Crippen molar-refractivity contribution in [2.75, 3.05) is 39.8 Å². The van der Waals surface area contributed by atoms with Gasteiger partial charge in [0, 0.05) is 26.1 Å². The summed E-state index contributed by atoms with van der Waals surface area (Å²) in [6, 6.07) is 19.5. The first-order valence-corrected chi connectivity index (χ1v) is 12.0. The highest BCUT2D eigenvalue weighted by Gasteiger charge is 2.43. The molecule has 0 aliphatic rings. The first kappa shape index (κ1) is 27.5. The van der Waals surface area contributed by atoms with Crippen molar-refractivity contribution in [1.29, 1.82) is 0 Å². The van der Waals surface area contributed by atoms with Crippen molar-refractivity contribution in [2.24, 2.45) is 0 Å². The van der Waals surface area contributed by atoms with E-state index in [1.165, 1.54) is 19.1 Å². The highest BCUT2D eigenvalue weighted by atomic mass is 16.5. The number of anilines is 1. The topological polar surface area (TPSA) is 81.2 Å². The lowest BCUT2D eigenvalue weighted by molar-refractivity contribution is -0.146. The highest BCUT2D eigenvalue weighted by Crippen LogP contribution is 2.38. The lowest BCUT2D eigenvalue weighted by Crippen LogP contribution is -2.59. The van der Waals surface area contributed by atoms with Gasteiger partial charge in [-0.2, -0.15) is 0 Å². The number of nitrogens with zero attached hydrogens (tertiary/aromatic N) is 3. The van der Waals surface area contributed by atoms with Crippen LogP contribution in [0.1, 0.15) is 29.3 Å². The zero-order chi connectivity index (χ0) is 27.2. The monoisotopic (exact) mass is 505 g/mol. The average molecular weight is 506 g/mol. The molecule has 0 fully saturated rings. The van der Waals surface area contributed by atoms with Crippen LogP contribution < -0.4 is 9.64 Å². The largest absolute Gasteiger partial charge is 0.467 e. The van der Waals surface area contributed by atoms with Crippen LogP contribution in [0.15, 0.2) is 60.7 Å². The van der Waals surface area contributed by atoms with E-state index in [0.29, 0.717) is 18.1 Å². The Balaban J connectivity index is 2.17. The summed E-state index contributed by atoms with van der Waals surface area (Å²) < 4.78 is 16.3. The third-order valence-corrected chi connectivity index (χ3v) is 6.60. The molecule has 37 heavy (non-hydrogen) atoms. The molecule has 2 aromatic carbocycles. The van der Waals surface area contributed by atoms with Gasteiger partial charge in [0.1, 0.15) is 5.75 Å². The van der Waals surface area contributed by atoms with E-state index >= 15 is 0 Å². The fourth-order valence-electron chi connectivity index (χ4n) is 4.43. The number of hydrogen-bond donors (Lipinski definition) is 0. The molecular formula is C29H35N3O5. The van der Waals surface area contributed by atoms with Crippen molar-refractivity contribution in [3.8, 4) is 11.6 Å². The van der Waals surface area contributed by atoms with Gasteiger partial charge in [0.05, 0.1) is 32.1 Å². The van der Waals surface area contributed by atoms with Crippen LogP contribution in [-0.2, 0) is 20.7 Å². The molecule has 8 heteroatoms. The zero-order valence-corrected chi connectivity index (χ0v) is 22.6. The highest BCUT2D eigenvalue weighted by molar-refractivity contribution is 5.87. The van der Waals surface area contributed by atoms with Crippen molar-refractivity contribution >= 4 is 17.7 Å². The summed E-state index contributed by atoms with van der Waals surface area (Å²) >= 11 is 0. The van der Waals surface area contributed by atoms with Gasteiger partial charge in [-0.3, -0.25) is 0 Å². The number of carbonyl (C=O) groups is 2. The van der Waals surface area contributed by atoms with E-state index in [0.717, 1.165) is 28.1 Å². The minimum absolute atomic E-state index is 0.0347. The van der Waals surface area contributed by atoms with Crippen LogP contribution in [0, 0.1) is 13.8 Å². The number of benzene rings is 2. The molecule has 0 saturated heterocycles. The molecule has 1 heterocycles. The van der Waals surface area contributed by atoms with Crippen LogP contribution in [0.25, 0.3) is 0 Å². The molecule has 1 aromatic heterocycles. The van der Waals surface area contributed by atoms with Crippen LogP contribution in [0.4, 0.5) is 10.5 Å². The van der Waals surface area contributed by atoms with Gasteiger partial charge in [-0.15, -0.1) is 0 Å². The predicted octanol–water partition coefficient (Wildman–Crippen LogP) is 5.15. The lowest BCUT2D eigenvalue weighted by Gasteiger charge is -2.41. The minimum atomic E-state index is -1.23. The summed E-state index contributed by atoms with van der Waals surface area (Å²) in [6.07, 6.45) is 0.0280. The van der Waals surface area contributed by atoms with Crippen molar-refractivity contribution < 1.29 is 23.8 Å². The number of carbonyl (C=O) groups excluding carboxylic acids is 2. The van der Waals surface area contributed by atoms with Gasteiger partial charge in [-0.05, 0) is 44.0 Å². The van der Waals surface area contributed by atoms with Gasteiger partial charge < -0.3 is 24.0 Å². The van der Waals surface area contributed by atoms with E-state index in [2.05, 4.69) is 0 Å². The summed E-state index contributed by atoms with van der Waals surface area (Å²) in [7, 11) is 6.04. The molecule has 0 spiro atoms. The number of aromatic nitrogens is 1. The number of esters is 1. The van der Waals surface area contributed by atoms with E-state index in [1.54, 1.807) is 14.0 Å². The zero-order valence-electron chi connectivity index (χ0n) is 22.6. The van der Waals surface area contributed by atoms with Crippen LogP contribution in [-0.4, -0.2) is 62.3 Å². The molecule has 3 aromatic rings. The Morgan fingerprint density at radius 2 is 1.49 bits per heavy atom.